The van der Waals surface area contributed by atoms with Gasteiger partial charge < -0.3 is 15.2 Å². The van der Waals surface area contributed by atoms with Crippen LogP contribution in [0.1, 0.15) is 15.9 Å². The van der Waals surface area contributed by atoms with Gasteiger partial charge in [-0.3, -0.25) is 4.79 Å². The highest BCUT2D eigenvalue weighted by molar-refractivity contribution is 6.34. The molecule has 2 aromatic carbocycles. The number of hydrogen-bond acceptors (Lipinski definition) is 4. The van der Waals surface area contributed by atoms with Crippen LogP contribution in [0, 0.1) is 5.82 Å². The summed E-state index contributed by atoms with van der Waals surface area (Å²) in [6.45, 7) is 0. The lowest BCUT2D eigenvalue weighted by Gasteiger charge is -2.12. The van der Waals surface area contributed by atoms with E-state index in [4.69, 9.17) is 26.8 Å². The summed E-state index contributed by atoms with van der Waals surface area (Å²) < 4.78 is 24.1. The third-order valence-corrected chi connectivity index (χ3v) is 3.33. The van der Waals surface area contributed by atoms with Crippen LogP contribution < -0.4 is 15.2 Å². The molecule has 0 unspecified atom stereocenters. The topological polar surface area (TPSA) is 61.5 Å². The van der Waals surface area contributed by atoms with Crippen molar-refractivity contribution in [2.24, 2.45) is 0 Å². The average molecular weight is 310 g/mol. The molecule has 0 fully saturated rings. The van der Waals surface area contributed by atoms with E-state index in [0.717, 1.165) is 6.07 Å². The van der Waals surface area contributed by atoms with Crippen molar-refractivity contribution < 1.29 is 18.7 Å². The molecule has 2 N–H and O–H groups in total. The molecule has 0 heterocycles. The Hall–Kier alpha value is -2.27. The van der Waals surface area contributed by atoms with Gasteiger partial charge in [-0.15, -0.1) is 0 Å². The second kappa shape index (κ2) is 6.01. The van der Waals surface area contributed by atoms with Crippen molar-refractivity contribution >= 4 is 23.1 Å². The van der Waals surface area contributed by atoms with Gasteiger partial charge in [-0.2, -0.15) is 0 Å². The predicted molar refractivity (Wildman–Crippen MR) is 78.8 cm³/mol. The molecule has 0 radical (unpaired) electrons. The Bertz CT molecular complexity index is 704. The summed E-state index contributed by atoms with van der Waals surface area (Å²) in [7, 11) is 2.82. The number of carbonyl (C=O) groups is 1. The van der Waals surface area contributed by atoms with Gasteiger partial charge in [0, 0.05) is 5.69 Å². The lowest BCUT2D eigenvalue weighted by Crippen LogP contribution is -2.07. The minimum Gasteiger partial charge on any atom is -0.495 e. The van der Waals surface area contributed by atoms with E-state index in [1.807, 2.05) is 0 Å². The maximum atomic E-state index is 13.9. The zero-order valence-corrected chi connectivity index (χ0v) is 12.2. The molecule has 4 nitrogen and oxygen atoms in total. The van der Waals surface area contributed by atoms with Crippen molar-refractivity contribution in [2.75, 3.05) is 20.0 Å². The zero-order valence-electron chi connectivity index (χ0n) is 11.4. The Balaban J connectivity index is 2.55. The number of hydrogen-bond donors (Lipinski definition) is 1. The molecule has 6 heteroatoms. The molecule has 0 saturated carbocycles. The zero-order chi connectivity index (χ0) is 15.6. The van der Waals surface area contributed by atoms with Crippen LogP contribution in [-0.4, -0.2) is 20.0 Å². The summed E-state index contributed by atoms with van der Waals surface area (Å²) in [6, 6.07) is 6.86. The molecule has 2 aromatic rings. The van der Waals surface area contributed by atoms with Crippen molar-refractivity contribution in [1.29, 1.82) is 0 Å². The van der Waals surface area contributed by atoms with Gasteiger partial charge in [0.25, 0.3) is 0 Å². The molecule has 2 rings (SSSR count). The molecule has 0 aromatic heterocycles. The Morgan fingerprint density at radius 1 is 1.14 bits per heavy atom. The fourth-order valence-electron chi connectivity index (χ4n) is 1.93. The third-order valence-electron chi connectivity index (χ3n) is 2.97. The van der Waals surface area contributed by atoms with Crippen LogP contribution >= 0.6 is 11.6 Å². The Kier molecular flexibility index (Phi) is 4.33. The van der Waals surface area contributed by atoms with Crippen molar-refractivity contribution in [3.8, 4) is 11.5 Å². The summed E-state index contributed by atoms with van der Waals surface area (Å²) in [4.78, 5) is 12.4. The van der Waals surface area contributed by atoms with Crippen LogP contribution in [-0.2, 0) is 0 Å². The lowest BCUT2D eigenvalue weighted by molar-refractivity contribution is 0.103. The molecule has 0 saturated heterocycles. The fourth-order valence-corrected chi connectivity index (χ4v) is 2.25. The predicted octanol–water partition coefficient (Wildman–Crippen LogP) is 3.31. The third kappa shape index (κ3) is 2.78. The largest absolute Gasteiger partial charge is 0.495 e. The van der Waals surface area contributed by atoms with Gasteiger partial charge >= 0.3 is 0 Å². The van der Waals surface area contributed by atoms with Crippen LogP contribution in [0.5, 0.6) is 11.5 Å². The van der Waals surface area contributed by atoms with Crippen LogP contribution in [0.4, 0.5) is 10.1 Å². The van der Waals surface area contributed by atoms with E-state index in [9.17, 15) is 9.18 Å². The quantitative estimate of drug-likeness (QED) is 0.695. The first-order valence-corrected chi connectivity index (χ1v) is 6.37. The highest BCUT2D eigenvalue weighted by Gasteiger charge is 2.22. The number of methoxy groups -OCH3 is 2. The summed E-state index contributed by atoms with van der Waals surface area (Å²) in [5.41, 5.74) is 5.75. The molecule has 0 aliphatic rings. The molecular weight excluding hydrogens is 297 g/mol. The van der Waals surface area contributed by atoms with Crippen molar-refractivity contribution in [3.63, 3.8) is 0 Å². The summed E-state index contributed by atoms with van der Waals surface area (Å²) in [5, 5.41) is 0.154. The molecule has 0 aliphatic carbocycles. The number of ketones is 1. The first-order chi connectivity index (χ1) is 9.99. The van der Waals surface area contributed by atoms with Crippen molar-refractivity contribution in [1.82, 2.24) is 0 Å². The molecule has 0 amide bonds. The van der Waals surface area contributed by atoms with Crippen LogP contribution in [0.15, 0.2) is 30.3 Å². The van der Waals surface area contributed by atoms with Gasteiger partial charge in [-0.1, -0.05) is 11.6 Å². The van der Waals surface area contributed by atoms with Gasteiger partial charge in [0.2, 0.25) is 0 Å². The number of benzene rings is 2. The van der Waals surface area contributed by atoms with E-state index < -0.39 is 11.6 Å². The lowest BCUT2D eigenvalue weighted by atomic mass is 10.0. The van der Waals surface area contributed by atoms with E-state index >= 15 is 0 Å². The van der Waals surface area contributed by atoms with E-state index in [-0.39, 0.29) is 27.6 Å². The van der Waals surface area contributed by atoms with E-state index in [1.165, 1.54) is 38.5 Å². The number of ether oxygens (including phenoxy) is 2. The maximum Gasteiger partial charge on any atom is 0.199 e. The molecule has 0 aliphatic heterocycles. The standard InChI is InChI=1S/C15H13ClFNO3/c1-20-12-6-5-10(15(21-2)13(12)16)14(19)9-4-3-8(18)7-11(9)17/h3-7H,18H2,1-2H3. The maximum absolute atomic E-state index is 13.9. The van der Waals surface area contributed by atoms with E-state index in [0.29, 0.717) is 5.75 Å². The monoisotopic (exact) mass is 309 g/mol. The Labute approximate surface area is 126 Å². The number of halogens is 2. The SMILES string of the molecule is COc1ccc(C(=O)c2ccc(N)cc2F)c(OC)c1Cl. The van der Waals surface area contributed by atoms with Gasteiger partial charge in [0.05, 0.1) is 25.3 Å². The number of carbonyl (C=O) groups excluding carboxylic acids is 1. The number of anilines is 1. The van der Waals surface area contributed by atoms with Crippen LogP contribution in [0.2, 0.25) is 5.02 Å². The van der Waals surface area contributed by atoms with Gasteiger partial charge in [-0.05, 0) is 30.3 Å². The molecule has 0 atom stereocenters. The minimum atomic E-state index is -0.700. The number of rotatable bonds is 4. The summed E-state index contributed by atoms with van der Waals surface area (Å²) >= 11 is 6.09. The van der Waals surface area contributed by atoms with E-state index in [2.05, 4.69) is 0 Å². The highest BCUT2D eigenvalue weighted by atomic mass is 35.5. The van der Waals surface area contributed by atoms with Crippen molar-refractivity contribution in [3.05, 3.63) is 52.3 Å². The molecule has 110 valence electrons. The first kappa shape index (κ1) is 15.1. The average Bonchev–Trinajstić information content (AvgIpc) is 2.46. The molecule has 0 spiro atoms. The van der Waals surface area contributed by atoms with Crippen molar-refractivity contribution in [2.45, 2.75) is 0 Å². The normalized spacial score (nSPS) is 10.3. The van der Waals surface area contributed by atoms with Gasteiger partial charge in [0.15, 0.2) is 11.5 Å². The Morgan fingerprint density at radius 2 is 1.81 bits per heavy atom. The smallest absolute Gasteiger partial charge is 0.199 e. The molecular formula is C15H13ClFNO3. The summed E-state index contributed by atoms with van der Waals surface area (Å²) in [5.74, 6) is -0.747. The highest BCUT2D eigenvalue weighted by Crippen LogP contribution is 2.37. The molecule has 21 heavy (non-hydrogen) atoms. The first-order valence-electron chi connectivity index (χ1n) is 5.99. The summed E-state index contributed by atoms with van der Waals surface area (Å²) in [6.07, 6.45) is 0. The number of nitrogen functional groups attached to an aromatic ring is 1. The van der Waals surface area contributed by atoms with Crippen LogP contribution in [0.3, 0.4) is 0 Å². The van der Waals surface area contributed by atoms with Gasteiger partial charge in [0.1, 0.15) is 16.6 Å². The second-order valence-corrected chi connectivity index (χ2v) is 4.61. The second-order valence-electron chi connectivity index (χ2n) is 4.23. The van der Waals surface area contributed by atoms with Crippen LogP contribution in [0.25, 0.3) is 0 Å². The van der Waals surface area contributed by atoms with E-state index in [1.54, 1.807) is 0 Å². The Morgan fingerprint density at radius 3 is 2.38 bits per heavy atom. The minimum absolute atomic E-state index is 0.108. The number of nitrogens with two attached hydrogens (primary N) is 1. The molecule has 0 bridgehead atoms. The van der Waals surface area contributed by atoms with Gasteiger partial charge in [-0.25, -0.2) is 4.39 Å². The fraction of sp³-hybridized carbons (Fsp3) is 0.133.